The van der Waals surface area contributed by atoms with Gasteiger partial charge in [-0.05, 0) is 30.7 Å². The van der Waals surface area contributed by atoms with Gasteiger partial charge in [0.05, 0.1) is 17.2 Å². The molecule has 0 saturated carbocycles. The van der Waals surface area contributed by atoms with E-state index in [1.54, 1.807) is 13.0 Å². The van der Waals surface area contributed by atoms with Gasteiger partial charge in [0.2, 0.25) is 0 Å². The molecule has 3 heteroatoms. The highest BCUT2D eigenvalue weighted by atomic mass is 16.4. The van der Waals surface area contributed by atoms with Gasteiger partial charge in [0, 0.05) is 0 Å². The van der Waals surface area contributed by atoms with E-state index in [0.29, 0.717) is 5.56 Å². The topological polar surface area (TPSA) is 61.1 Å². The lowest BCUT2D eigenvalue weighted by Crippen LogP contribution is -1.97. The highest BCUT2D eigenvalue weighted by Gasteiger charge is 2.04. The first-order chi connectivity index (χ1) is 6.63. The van der Waals surface area contributed by atoms with Crippen LogP contribution in [0.2, 0.25) is 0 Å². The maximum Gasteiger partial charge on any atom is 0.335 e. The fraction of sp³-hybridized carbons (Fsp3) is 0.273. The summed E-state index contributed by atoms with van der Waals surface area (Å²) in [6.07, 6.45) is 0. The number of aromatic carboxylic acids is 1. The third-order valence-corrected chi connectivity index (χ3v) is 1.45. The van der Waals surface area contributed by atoms with Gasteiger partial charge in [-0.15, -0.1) is 0 Å². The second-order valence-electron chi connectivity index (χ2n) is 2.50. The van der Waals surface area contributed by atoms with E-state index in [2.05, 4.69) is 0 Å². The second kappa shape index (κ2) is 5.76. The summed E-state index contributed by atoms with van der Waals surface area (Å²) in [5.74, 6) is -1.00. The van der Waals surface area contributed by atoms with Gasteiger partial charge < -0.3 is 5.11 Å². The number of carboxylic acids is 1. The number of aryl methyl sites for hydroxylation is 1. The predicted octanol–water partition coefficient (Wildman–Crippen LogP) is 2.59. The molecule has 0 unspecified atom stereocenters. The van der Waals surface area contributed by atoms with Crippen LogP contribution in [0.25, 0.3) is 0 Å². The summed E-state index contributed by atoms with van der Waals surface area (Å²) in [4.78, 5) is 10.5. The molecule has 0 radical (unpaired) electrons. The summed E-state index contributed by atoms with van der Waals surface area (Å²) in [5.41, 5.74) is 1.32. The zero-order chi connectivity index (χ0) is 11.1. The Morgan fingerprint density at radius 1 is 1.36 bits per heavy atom. The van der Waals surface area contributed by atoms with Crippen molar-refractivity contribution in [3.05, 3.63) is 34.9 Å². The van der Waals surface area contributed by atoms with Crippen LogP contribution in [0.3, 0.4) is 0 Å². The van der Waals surface area contributed by atoms with E-state index in [-0.39, 0.29) is 5.56 Å². The molecule has 0 aliphatic carbocycles. The fourth-order valence-electron chi connectivity index (χ4n) is 0.971. The Labute approximate surface area is 83.6 Å². The maximum absolute atomic E-state index is 10.5. The average molecular weight is 191 g/mol. The Hall–Kier alpha value is -1.82. The largest absolute Gasteiger partial charge is 0.478 e. The summed E-state index contributed by atoms with van der Waals surface area (Å²) in [5, 5.41) is 17.1. The molecule has 1 rings (SSSR count). The highest BCUT2D eigenvalue weighted by Crippen LogP contribution is 2.08. The summed E-state index contributed by atoms with van der Waals surface area (Å²) >= 11 is 0. The van der Waals surface area contributed by atoms with Crippen LogP contribution >= 0.6 is 0 Å². The molecule has 3 nitrogen and oxygen atoms in total. The molecule has 0 bridgehead atoms. The van der Waals surface area contributed by atoms with Gasteiger partial charge in [-0.1, -0.05) is 13.8 Å². The van der Waals surface area contributed by atoms with E-state index in [1.807, 2.05) is 19.9 Å². The van der Waals surface area contributed by atoms with E-state index in [1.165, 1.54) is 12.1 Å². The number of benzene rings is 1. The van der Waals surface area contributed by atoms with E-state index < -0.39 is 5.97 Å². The van der Waals surface area contributed by atoms with E-state index in [4.69, 9.17) is 10.4 Å². The predicted molar refractivity (Wildman–Crippen MR) is 54.2 cm³/mol. The number of carbonyl (C=O) groups is 1. The lowest BCUT2D eigenvalue weighted by atomic mass is 10.1. The number of rotatable bonds is 1. The van der Waals surface area contributed by atoms with Crippen LogP contribution in [0.5, 0.6) is 0 Å². The average Bonchev–Trinajstić information content (AvgIpc) is 2.20. The zero-order valence-corrected chi connectivity index (χ0v) is 8.53. The molecule has 1 aromatic carbocycles. The third kappa shape index (κ3) is 3.28. The molecule has 0 saturated heterocycles. The van der Waals surface area contributed by atoms with Crippen molar-refractivity contribution in [1.82, 2.24) is 0 Å². The second-order valence-corrected chi connectivity index (χ2v) is 2.50. The first kappa shape index (κ1) is 12.2. The molecule has 74 valence electrons. The Balaban J connectivity index is 0.000000791. The van der Waals surface area contributed by atoms with Gasteiger partial charge in [-0.3, -0.25) is 0 Å². The standard InChI is InChI=1S/C9H7NO2.C2H6/c1-6-2-7(5-10)4-8(3-6)9(11)12;1-2/h2-4H,1H3,(H,11,12);1-2H3. The van der Waals surface area contributed by atoms with Crippen LogP contribution in [0, 0.1) is 18.3 Å². The maximum atomic E-state index is 10.5. The quantitative estimate of drug-likeness (QED) is 0.742. The summed E-state index contributed by atoms with van der Waals surface area (Å²) in [6.45, 7) is 5.76. The van der Waals surface area contributed by atoms with E-state index in [9.17, 15) is 4.79 Å². The van der Waals surface area contributed by atoms with Crippen LogP contribution in [0.4, 0.5) is 0 Å². The van der Waals surface area contributed by atoms with Crippen LogP contribution in [0.15, 0.2) is 18.2 Å². The Morgan fingerprint density at radius 3 is 2.36 bits per heavy atom. The Kier molecular flexibility index (Phi) is 5.01. The molecular weight excluding hydrogens is 178 g/mol. The minimum Gasteiger partial charge on any atom is -0.478 e. The van der Waals surface area contributed by atoms with Crippen LogP contribution < -0.4 is 0 Å². The first-order valence-corrected chi connectivity index (χ1v) is 4.38. The van der Waals surface area contributed by atoms with Crippen molar-refractivity contribution in [2.45, 2.75) is 20.8 Å². The summed E-state index contributed by atoms with van der Waals surface area (Å²) in [7, 11) is 0. The van der Waals surface area contributed by atoms with Gasteiger partial charge in [0.25, 0.3) is 0 Å². The molecule has 0 aliphatic rings. The SMILES string of the molecule is CC.Cc1cc(C#N)cc(C(=O)O)c1. The smallest absolute Gasteiger partial charge is 0.335 e. The van der Waals surface area contributed by atoms with Crippen molar-refractivity contribution in [3.63, 3.8) is 0 Å². The summed E-state index contributed by atoms with van der Waals surface area (Å²) in [6, 6.07) is 6.43. The van der Waals surface area contributed by atoms with Gasteiger partial charge in [0.1, 0.15) is 0 Å². The van der Waals surface area contributed by atoms with Crippen molar-refractivity contribution in [2.75, 3.05) is 0 Å². The fourth-order valence-corrected chi connectivity index (χ4v) is 0.971. The lowest BCUT2D eigenvalue weighted by Gasteiger charge is -1.97. The molecule has 0 atom stereocenters. The minimum absolute atomic E-state index is 0.159. The Bertz CT molecular complexity index is 364. The molecule has 0 spiro atoms. The molecular formula is C11H13NO2. The van der Waals surface area contributed by atoms with Gasteiger partial charge in [-0.25, -0.2) is 4.79 Å². The molecule has 1 aromatic rings. The van der Waals surface area contributed by atoms with Crippen molar-refractivity contribution in [1.29, 1.82) is 5.26 Å². The molecule has 0 aliphatic heterocycles. The zero-order valence-electron chi connectivity index (χ0n) is 8.53. The molecule has 0 fully saturated rings. The normalized spacial score (nSPS) is 8.14. The first-order valence-electron chi connectivity index (χ1n) is 4.38. The van der Waals surface area contributed by atoms with Gasteiger partial charge in [0.15, 0.2) is 0 Å². The number of hydrogen-bond donors (Lipinski definition) is 1. The number of nitriles is 1. The molecule has 0 aromatic heterocycles. The van der Waals surface area contributed by atoms with Crippen molar-refractivity contribution in [3.8, 4) is 6.07 Å². The van der Waals surface area contributed by atoms with Crippen molar-refractivity contribution >= 4 is 5.97 Å². The molecule has 0 amide bonds. The monoisotopic (exact) mass is 191 g/mol. The number of hydrogen-bond acceptors (Lipinski definition) is 2. The lowest BCUT2D eigenvalue weighted by molar-refractivity contribution is 0.0696. The molecule has 0 heterocycles. The van der Waals surface area contributed by atoms with Crippen molar-refractivity contribution in [2.24, 2.45) is 0 Å². The van der Waals surface area contributed by atoms with Crippen molar-refractivity contribution < 1.29 is 9.90 Å². The van der Waals surface area contributed by atoms with Gasteiger partial charge in [-0.2, -0.15) is 5.26 Å². The van der Waals surface area contributed by atoms with Crippen LogP contribution in [-0.4, -0.2) is 11.1 Å². The molecule has 1 N–H and O–H groups in total. The number of carboxylic acid groups (broad SMARTS) is 1. The van der Waals surface area contributed by atoms with Gasteiger partial charge >= 0.3 is 5.97 Å². The molecule has 14 heavy (non-hydrogen) atoms. The highest BCUT2D eigenvalue weighted by molar-refractivity contribution is 5.88. The number of nitrogens with zero attached hydrogens (tertiary/aromatic N) is 1. The van der Waals surface area contributed by atoms with Crippen LogP contribution in [-0.2, 0) is 0 Å². The minimum atomic E-state index is -1.00. The summed E-state index contributed by atoms with van der Waals surface area (Å²) < 4.78 is 0. The Morgan fingerprint density at radius 2 is 1.93 bits per heavy atom. The van der Waals surface area contributed by atoms with E-state index >= 15 is 0 Å². The van der Waals surface area contributed by atoms with E-state index in [0.717, 1.165) is 5.56 Å². The third-order valence-electron chi connectivity index (χ3n) is 1.45. The van der Waals surface area contributed by atoms with Crippen LogP contribution in [0.1, 0.15) is 35.3 Å².